The van der Waals surface area contributed by atoms with Crippen molar-refractivity contribution >= 4 is 9.84 Å². The molecule has 25 heavy (non-hydrogen) atoms. The van der Waals surface area contributed by atoms with E-state index in [9.17, 15) is 8.42 Å². The summed E-state index contributed by atoms with van der Waals surface area (Å²) in [5.74, 6) is 0.643. The first kappa shape index (κ1) is 17.9. The average Bonchev–Trinajstić information content (AvgIpc) is 2.83. The molecule has 1 fully saturated rings. The topological polar surface area (TPSA) is 73.7 Å². The second-order valence-corrected chi connectivity index (χ2v) is 8.33. The van der Waals surface area contributed by atoms with Crippen LogP contribution >= 0.6 is 0 Å². The minimum Gasteiger partial charge on any atom is -0.487 e. The van der Waals surface area contributed by atoms with Crippen molar-refractivity contribution < 1.29 is 17.9 Å². The largest absolute Gasteiger partial charge is 0.487 e. The summed E-state index contributed by atoms with van der Waals surface area (Å²) < 4.78 is 36.5. The molecule has 1 saturated heterocycles. The molecule has 0 saturated carbocycles. The van der Waals surface area contributed by atoms with Crippen LogP contribution in [0.5, 0.6) is 5.75 Å². The minimum atomic E-state index is -3.20. The molecule has 1 atom stereocenters. The van der Waals surface area contributed by atoms with Crippen LogP contribution in [-0.2, 0) is 28.2 Å². The van der Waals surface area contributed by atoms with E-state index in [2.05, 4.69) is 10.00 Å². The van der Waals surface area contributed by atoms with E-state index in [0.29, 0.717) is 19.0 Å². The Morgan fingerprint density at radius 3 is 2.72 bits per heavy atom. The molecule has 1 aliphatic rings. The lowest BCUT2D eigenvalue weighted by molar-refractivity contribution is 0.0710. The molecule has 1 aliphatic heterocycles. The fraction of sp³-hybridized carbons (Fsp3) is 0.471. The Morgan fingerprint density at radius 1 is 1.32 bits per heavy atom. The van der Waals surface area contributed by atoms with Crippen LogP contribution in [0.2, 0.25) is 0 Å². The van der Waals surface area contributed by atoms with Crippen molar-refractivity contribution in [2.45, 2.75) is 17.5 Å². The third-order valence-corrected chi connectivity index (χ3v) is 5.17. The number of benzene rings is 1. The normalized spacial score (nSPS) is 19.5. The van der Waals surface area contributed by atoms with Crippen LogP contribution in [0.1, 0.15) is 5.56 Å². The Labute approximate surface area is 148 Å². The second-order valence-electron chi connectivity index (χ2n) is 6.32. The van der Waals surface area contributed by atoms with E-state index in [1.54, 1.807) is 28.9 Å². The summed E-state index contributed by atoms with van der Waals surface area (Å²) >= 11 is 0. The molecule has 2 heterocycles. The maximum atomic E-state index is 11.5. The average molecular weight is 365 g/mol. The Morgan fingerprint density at radius 2 is 2.08 bits per heavy atom. The van der Waals surface area contributed by atoms with Crippen LogP contribution in [0.15, 0.2) is 41.6 Å². The highest BCUT2D eigenvalue weighted by atomic mass is 32.2. The van der Waals surface area contributed by atoms with Crippen molar-refractivity contribution in [1.82, 2.24) is 14.7 Å². The van der Waals surface area contributed by atoms with Gasteiger partial charge in [0.15, 0.2) is 9.84 Å². The molecule has 0 aliphatic carbocycles. The lowest BCUT2D eigenvalue weighted by Crippen LogP contribution is -2.35. The first-order valence-corrected chi connectivity index (χ1v) is 10.0. The molecule has 1 aromatic heterocycles. The van der Waals surface area contributed by atoms with Gasteiger partial charge in [0.05, 0.1) is 24.3 Å². The molecule has 0 spiro atoms. The van der Waals surface area contributed by atoms with Crippen molar-refractivity contribution in [3.8, 4) is 5.75 Å². The number of hydrogen-bond donors (Lipinski definition) is 0. The molecule has 8 heteroatoms. The van der Waals surface area contributed by atoms with E-state index >= 15 is 0 Å². The molecule has 0 radical (unpaired) electrons. The molecular formula is C17H23N3O4S. The van der Waals surface area contributed by atoms with Crippen LogP contribution in [0.3, 0.4) is 0 Å². The highest BCUT2D eigenvalue weighted by Crippen LogP contribution is 2.18. The molecule has 0 bridgehead atoms. The van der Waals surface area contributed by atoms with Gasteiger partial charge in [-0.3, -0.25) is 9.58 Å². The first-order valence-electron chi connectivity index (χ1n) is 8.14. The van der Waals surface area contributed by atoms with Gasteiger partial charge < -0.3 is 9.47 Å². The van der Waals surface area contributed by atoms with Crippen LogP contribution < -0.4 is 4.74 Å². The summed E-state index contributed by atoms with van der Waals surface area (Å²) in [5.41, 5.74) is 1.15. The zero-order chi connectivity index (χ0) is 17.9. The van der Waals surface area contributed by atoms with Crippen LogP contribution in [0, 0.1) is 0 Å². The Kier molecular flexibility index (Phi) is 5.41. The fourth-order valence-corrected chi connectivity index (χ4v) is 3.46. The van der Waals surface area contributed by atoms with Gasteiger partial charge in [0, 0.05) is 44.7 Å². The number of hydrogen-bond acceptors (Lipinski definition) is 6. The van der Waals surface area contributed by atoms with Gasteiger partial charge in [0.1, 0.15) is 11.9 Å². The predicted molar refractivity (Wildman–Crippen MR) is 93.3 cm³/mol. The molecule has 1 unspecified atom stereocenters. The quantitative estimate of drug-likeness (QED) is 0.790. The number of ether oxygens (including phenoxy) is 2. The predicted octanol–water partition coefficient (Wildman–Crippen LogP) is 1.10. The van der Waals surface area contributed by atoms with Gasteiger partial charge in [-0.2, -0.15) is 5.10 Å². The zero-order valence-corrected chi connectivity index (χ0v) is 15.3. The van der Waals surface area contributed by atoms with E-state index < -0.39 is 9.84 Å². The van der Waals surface area contributed by atoms with Gasteiger partial charge in [-0.1, -0.05) is 0 Å². The fourth-order valence-electron chi connectivity index (χ4n) is 2.82. The monoisotopic (exact) mass is 365 g/mol. The second kappa shape index (κ2) is 7.55. The lowest BCUT2D eigenvalue weighted by atomic mass is 10.2. The standard InChI is InChI=1S/C17H23N3O4S/c1-19-10-14(9-18-19)11-20-7-8-23-13-16(12-20)24-15-3-5-17(6-4-15)25(2,21)22/h3-6,9-10,16H,7-8,11-13H2,1-2H3. The van der Waals surface area contributed by atoms with E-state index in [1.165, 1.54) is 6.26 Å². The highest BCUT2D eigenvalue weighted by Gasteiger charge is 2.21. The number of aromatic nitrogens is 2. The van der Waals surface area contributed by atoms with E-state index in [1.807, 2.05) is 19.4 Å². The van der Waals surface area contributed by atoms with Gasteiger partial charge in [-0.15, -0.1) is 0 Å². The van der Waals surface area contributed by atoms with Crippen molar-refractivity contribution in [3.63, 3.8) is 0 Å². The van der Waals surface area contributed by atoms with Crippen LogP contribution in [0.4, 0.5) is 0 Å². The maximum absolute atomic E-state index is 11.5. The van der Waals surface area contributed by atoms with E-state index in [4.69, 9.17) is 9.47 Å². The lowest BCUT2D eigenvalue weighted by Gasteiger charge is -2.23. The minimum absolute atomic E-state index is 0.108. The summed E-state index contributed by atoms with van der Waals surface area (Å²) in [6.07, 6.45) is 4.96. The maximum Gasteiger partial charge on any atom is 0.175 e. The molecule has 2 aromatic rings. The third-order valence-electron chi connectivity index (χ3n) is 4.04. The highest BCUT2D eigenvalue weighted by molar-refractivity contribution is 7.90. The molecule has 7 nitrogen and oxygen atoms in total. The zero-order valence-electron chi connectivity index (χ0n) is 14.5. The van der Waals surface area contributed by atoms with E-state index in [-0.39, 0.29) is 11.0 Å². The number of rotatable bonds is 5. The van der Waals surface area contributed by atoms with Crippen molar-refractivity contribution in [2.24, 2.45) is 7.05 Å². The number of sulfone groups is 1. The summed E-state index contributed by atoms with van der Waals surface area (Å²) in [6, 6.07) is 6.50. The van der Waals surface area contributed by atoms with Crippen molar-refractivity contribution in [2.75, 3.05) is 32.6 Å². The molecule has 1 aromatic carbocycles. The van der Waals surface area contributed by atoms with E-state index in [0.717, 1.165) is 25.2 Å². The summed E-state index contributed by atoms with van der Waals surface area (Å²) in [5, 5.41) is 4.20. The Bertz CT molecular complexity index is 802. The smallest absolute Gasteiger partial charge is 0.175 e. The van der Waals surface area contributed by atoms with Crippen LogP contribution in [0.25, 0.3) is 0 Å². The van der Waals surface area contributed by atoms with Gasteiger partial charge in [0.25, 0.3) is 0 Å². The van der Waals surface area contributed by atoms with Crippen molar-refractivity contribution in [3.05, 3.63) is 42.2 Å². The Hall–Kier alpha value is -1.90. The molecule has 0 amide bonds. The van der Waals surface area contributed by atoms with Crippen molar-refractivity contribution in [1.29, 1.82) is 0 Å². The van der Waals surface area contributed by atoms with Gasteiger partial charge in [-0.25, -0.2) is 8.42 Å². The molecule has 0 N–H and O–H groups in total. The van der Waals surface area contributed by atoms with Crippen LogP contribution in [-0.4, -0.2) is 61.8 Å². The third kappa shape index (κ3) is 5.04. The molecule has 136 valence electrons. The first-order chi connectivity index (χ1) is 11.9. The molecule has 3 rings (SSSR count). The number of aryl methyl sites for hydroxylation is 1. The van der Waals surface area contributed by atoms with Gasteiger partial charge in [-0.05, 0) is 24.3 Å². The Balaban J connectivity index is 1.63. The summed E-state index contributed by atoms with van der Waals surface area (Å²) in [6.45, 7) is 3.54. The molecular weight excluding hydrogens is 342 g/mol. The summed E-state index contributed by atoms with van der Waals surface area (Å²) in [7, 11) is -1.29. The van der Waals surface area contributed by atoms with Gasteiger partial charge >= 0.3 is 0 Å². The van der Waals surface area contributed by atoms with Gasteiger partial charge in [0.2, 0.25) is 0 Å². The number of nitrogens with zero attached hydrogens (tertiary/aromatic N) is 3. The SMILES string of the molecule is Cn1cc(CN2CCOCC(Oc3ccc(S(C)(=O)=O)cc3)C2)cn1. The summed E-state index contributed by atoms with van der Waals surface area (Å²) in [4.78, 5) is 2.56.